The van der Waals surface area contributed by atoms with Crippen LogP contribution in [0.4, 0.5) is 0 Å². The molecule has 0 unspecified atom stereocenters. The van der Waals surface area contributed by atoms with Crippen molar-refractivity contribution in [2.45, 2.75) is 0 Å². The highest BCUT2D eigenvalue weighted by molar-refractivity contribution is 5.78. The maximum Gasteiger partial charge on any atom is 0.156 e. The molecule has 0 atom stereocenters. The minimum atomic E-state index is 0.858. The van der Waals surface area contributed by atoms with Gasteiger partial charge in [0.05, 0.1) is 23.6 Å². The van der Waals surface area contributed by atoms with Gasteiger partial charge in [-0.2, -0.15) is 0 Å². The smallest absolute Gasteiger partial charge is 0.156 e. The van der Waals surface area contributed by atoms with Gasteiger partial charge in [-0.3, -0.25) is 0 Å². The zero-order valence-corrected chi connectivity index (χ0v) is 8.31. The van der Waals surface area contributed by atoms with Crippen LogP contribution in [0.25, 0.3) is 22.6 Å². The fourth-order valence-electron chi connectivity index (χ4n) is 1.66. The van der Waals surface area contributed by atoms with Gasteiger partial charge in [-0.15, -0.1) is 0 Å². The Balaban J connectivity index is 2.24. The lowest BCUT2D eigenvalue weighted by molar-refractivity contribution is 0.913. The van der Waals surface area contributed by atoms with Gasteiger partial charge in [0.2, 0.25) is 0 Å². The molecule has 4 nitrogen and oxygen atoms in total. The molecule has 0 spiro atoms. The Morgan fingerprint density at radius 1 is 1.27 bits per heavy atom. The number of hydrogen-bond acceptors (Lipinski definition) is 2. The van der Waals surface area contributed by atoms with E-state index in [9.17, 15) is 0 Å². The average Bonchev–Trinajstić information content (AvgIpc) is 2.82. The molecular formula is C11H10N4. The first-order valence-electron chi connectivity index (χ1n) is 4.76. The van der Waals surface area contributed by atoms with Gasteiger partial charge in [-0.25, -0.2) is 9.97 Å². The fourth-order valence-corrected chi connectivity index (χ4v) is 1.66. The van der Waals surface area contributed by atoms with Crippen molar-refractivity contribution in [3.8, 4) is 11.5 Å². The molecule has 15 heavy (non-hydrogen) atoms. The Morgan fingerprint density at radius 3 is 2.87 bits per heavy atom. The van der Waals surface area contributed by atoms with E-state index in [2.05, 4.69) is 15.0 Å². The van der Waals surface area contributed by atoms with Crippen LogP contribution in [-0.2, 0) is 7.05 Å². The zero-order chi connectivity index (χ0) is 10.3. The van der Waals surface area contributed by atoms with E-state index in [1.54, 1.807) is 12.5 Å². The highest BCUT2D eigenvalue weighted by Crippen LogP contribution is 2.18. The molecule has 3 rings (SSSR count). The van der Waals surface area contributed by atoms with Crippen LogP contribution < -0.4 is 0 Å². The van der Waals surface area contributed by atoms with E-state index in [-0.39, 0.29) is 0 Å². The van der Waals surface area contributed by atoms with E-state index in [1.807, 2.05) is 35.9 Å². The third-order valence-corrected chi connectivity index (χ3v) is 2.45. The number of hydrogen-bond donors (Lipinski definition) is 1. The maximum atomic E-state index is 4.50. The van der Waals surface area contributed by atoms with E-state index in [0.29, 0.717) is 0 Å². The zero-order valence-electron chi connectivity index (χ0n) is 8.31. The van der Waals surface area contributed by atoms with Crippen molar-refractivity contribution in [1.29, 1.82) is 0 Å². The number of nitrogens with one attached hydrogen (secondary N) is 1. The van der Waals surface area contributed by atoms with Crippen molar-refractivity contribution in [2.24, 2.45) is 7.05 Å². The number of aromatic nitrogens is 4. The predicted octanol–water partition coefficient (Wildman–Crippen LogP) is 1.96. The Hall–Kier alpha value is -2.10. The number of aryl methyl sites for hydroxylation is 1. The normalized spacial score (nSPS) is 11.0. The third kappa shape index (κ3) is 1.22. The van der Waals surface area contributed by atoms with Crippen LogP contribution in [0.5, 0.6) is 0 Å². The highest BCUT2D eigenvalue weighted by atomic mass is 15.1. The van der Waals surface area contributed by atoms with Crippen molar-refractivity contribution in [3.05, 3.63) is 36.8 Å². The Labute approximate surface area is 86.6 Å². The standard InChI is InChI=1S/C11H10N4/c1-15-7-12-6-10(15)11-13-8-4-2-3-5-9(8)14-11/h2-7H,1H3,(H,13,14). The molecule has 0 aliphatic rings. The van der Waals surface area contributed by atoms with Crippen molar-refractivity contribution in [3.63, 3.8) is 0 Å². The fraction of sp³-hybridized carbons (Fsp3) is 0.0909. The largest absolute Gasteiger partial charge is 0.337 e. The van der Waals surface area contributed by atoms with Gasteiger partial charge in [-0.1, -0.05) is 12.1 Å². The minimum absolute atomic E-state index is 0.858. The highest BCUT2D eigenvalue weighted by Gasteiger charge is 2.07. The van der Waals surface area contributed by atoms with Gasteiger partial charge in [-0.05, 0) is 12.1 Å². The molecule has 2 heterocycles. The van der Waals surface area contributed by atoms with Crippen LogP contribution in [0, 0.1) is 0 Å². The summed E-state index contributed by atoms with van der Waals surface area (Å²) in [7, 11) is 1.95. The van der Waals surface area contributed by atoms with Crippen LogP contribution in [0.3, 0.4) is 0 Å². The number of nitrogens with zero attached hydrogens (tertiary/aromatic N) is 3. The van der Waals surface area contributed by atoms with Crippen molar-refractivity contribution >= 4 is 11.0 Å². The van der Waals surface area contributed by atoms with Crippen molar-refractivity contribution in [2.75, 3.05) is 0 Å². The maximum absolute atomic E-state index is 4.50. The Bertz CT molecular complexity index is 573. The minimum Gasteiger partial charge on any atom is -0.337 e. The average molecular weight is 198 g/mol. The molecule has 0 fully saturated rings. The molecule has 0 aliphatic heterocycles. The van der Waals surface area contributed by atoms with Crippen LogP contribution >= 0.6 is 0 Å². The lowest BCUT2D eigenvalue weighted by Gasteiger charge is -1.95. The summed E-state index contributed by atoms with van der Waals surface area (Å²) in [5, 5.41) is 0. The molecule has 0 radical (unpaired) electrons. The second-order valence-electron chi connectivity index (χ2n) is 3.49. The van der Waals surface area contributed by atoms with Crippen LogP contribution in [0.1, 0.15) is 0 Å². The second-order valence-corrected chi connectivity index (χ2v) is 3.49. The summed E-state index contributed by atoms with van der Waals surface area (Å²) in [4.78, 5) is 11.8. The van der Waals surface area contributed by atoms with Gasteiger partial charge in [0.1, 0.15) is 5.69 Å². The molecule has 0 amide bonds. The topological polar surface area (TPSA) is 46.5 Å². The summed E-state index contributed by atoms with van der Waals surface area (Å²) in [5.41, 5.74) is 3.02. The molecule has 2 aromatic heterocycles. The van der Waals surface area contributed by atoms with Gasteiger partial charge in [0.15, 0.2) is 5.82 Å². The van der Waals surface area contributed by atoms with E-state index >= 15 is 0 Å². The SMILES string of the molecule is Cn1cncc1-c1nc2ccccc2[nH]1. The monoisotopic (exact) mass is 198 g/mol. The molecule has 0 saturated heterocycles. The number of rotatable bonds is 1. The second kappa shape index (κ2) is 2.95. The molecule has 4 heteroatoms. The summed E-state index contributed by atoms with van der Waals surface area (Å²) in [6.45, 7) is 0. The molecule has 0 bridgehead atoms. The van der Waals surface area contributed by atoms with Gasteiger partial charge < -0.3 is 9.55 Å². The van der Waals surface area contributed by atoms with Crippen LogP contribution in [0.2, 0.25) is 0 Å². The van der Waals surface area contributed by atoms with Gasteiger partial charge in [0, 0.05) is 7.05 Å². The van der Waals surface area contributed by atoms with Gasteiger partial charge in [0.25, 0.3) is 0 Å². The molecule has 0 aliphatic carbocycles. The van der Waals surface area contributed by atoms with E-state index < -0.39 is 0 Å². The summed E-state index contributed by atoms with van der Waals surface area (Å²) in [6.07, 6.45) is 3.57. The lowest BCUT2D eigenvalue weighted by atomic mass is 10.3. The van der Waals surface area contributed by atoms with Crippen LogP contribution in [-0.4, -0.2) is 19.5 Å². The number of para-hydroxylation sites is 2. The number of imidazole rings is 2. The van der Waals surface area contributed by atoms with E-state index in [1.165, 1.54) is 0 Å². The number of fused-ring (bicyclic) bond motifs is 1. The number of benzene rings is 1. The first-order chi connectivity index (χ1) is 7.34. The Kier molecular flexibility index (Phi) is 1.62. The molecule has 0 saturated carbocycles. The molecule has 1 aromatic carbocycles. The van der Waals surface area contributed by atoms with E-state index in [0.717, 1.165) is 22.6 Å². The number of H-pyrrole nitrogens is 1. The third-order valence-electron chi connectivity index (χ3n) is 2.45. The van der Waals surface area contributed by atoms with Gasteiger partial charge >= 0.3 is 0 Å². The summed E-state index contributed by atoms with van der Waals surface area (Å²) in [6, 6.07) is 7.98. The molecule has 74 valence electrons. The summed E-state index contributed by atoms with van der Waals surface area (Å²) >= 11 is 0. The molecule has 1 N–H and O–H groups in total. The summed E-state index contributed by atoms with van der Waals surface area (Å²) in [5.74, 6) is 0.858. The van der Waals surface area contributed by atoms with Crippen molar-refractivity contribution in [1.82, 2.24) is 19.5 Å². The first-order valence-corrected chi connectivity index (χ1v) is 4.76. The first kappa shape index (κ1) is 8.23. The summed E-state index contributed by atoms with van der Waals surface area (Å²) < 4.78 is 1.94. The predicted molar refractivity (Wildman–Crippen MR) is 58.3 cm³/mol. The molecule has 3 aromatic rings. The van der Waals surface area contributed by atoms with Crippen LogP contribution in [0.15, 0.2) is 36.8 Å². The number of aromatic amines is 1. The lowest BCUT2D eigenvalue weighted by Crippen LogP contribution is -1.90. The van der Waals surface area contributed by atoms with Crippen molar-refractivity contribution < 1.29 is 0 Å². The molecular weight excluding hydrogens is 188 g/mol. The van der Waals surface area contributed by atoms with E-state index in [4.69, 9.17) is 0 Å². The quantitative estimate of drug-likeness (QED) is 0.649. The Morgan fingerprint density at radius 2 is 2.13 bits per heavy atom.